The largest absolute Gasteiger partial charge is 0.377 e. The molecule has 0 saturated carbocycles. The summed E-state index contributed by atoms with van der Waals surface area (Å²) in [4.78, 5) is 18.5. The maximum atomic E-state index is 12.6. The van der Waals surface area contributed by atoms with Crippen LogP contribution >= 0.6 is 0 Å². The van der Waals surface area contributed by atoms with Crippen LogP contribution in [0.25, 0.3) is 0 Å². The summed E-state index contributed by atoms with van der Waals surface area (Å²) < 4.78 is 5.82. The molecule has 2 heterocycles. The summed E-state index contributed by atoms with van der Waals surface area (Å²) in [5.41, 5.74) is 1.11. The summed E-state index contributed by atoms with van der Waals surface area (Å²) in [6.07, 6.45) is 5.48. The molecule has 1 aliphatic heterocycles. The van der Waals surface area contributed by atoms with E-state index in [4.69, 9.17) is 4.74 Å². The first-order valence-corrected chi connectivity index (χ1v) is 7.35. The van der Waals surface area contributed by atoms with Crippen LogP contribution in [0.2, 0.25) is 0 Å². The number of hydrogen-bond donors (Lipinski definition) is 0. The molecular weight excluding hydrogens is 252 g/mol. The first-order valence-electron chi connectivity index (χ1n) is 7.35. The van der Waals surface area contributed by atoms with Crippen LogP contribution in [0.5, 0.6) is 0 Å². The number of hydrogen-bond acceptors (Lipinski definition) is 3. The fraction of sp³-hybridized carbons (Fsp3) is 0.625. The van der Waals surface area contributed by atoms with Crippen LogP contribution in [0, 0.1) is 11.8 Å². The normalized spacial score (nSPS) is 22.8. The molecule has 4 heteroatoms. The molecule has 0 radical (unpaired) electrons. The first kappa shape index (κ1) is 15.0. The molecular formula is C16H24N2O2. The average Bonchev–Trinajstić information content (AvgIpc) is 2.47. The molecule has 0 aromatic carbocycles. The first-order chi connectivity index (χ1) is 9.59. The van der Waals surface area contributed by atoms with E-state index in [1.54, 1.807) is 12.4 Å². The van der Waals surface area contributed by atoms with Crippen molar-refractivity contribution in [3.05, 3.63) is 30.1 Å². The molecule has 0 N–H and O–H groups in total. The topological polar surface area (TPSA) is 42.4 Å². The van der Waals surface area contributed by atoms with Gasteiger partial charge in [0.05, 0.1) is 12.0 Å². The van der Waals surface area contributed by atoms with Crippen LogP contribution in [-0.4, -0.2) is 35.5 Å². The van der Waals surface area contributed by atoms with Crippen molar-refractivity contribution < 1.29 is 9.53 Å². The van der Waals surface area contributed by atoms with Crippen molar-refractivity contribution in [2.45, 2.75) is 39.3 Å². The zero-order valence-corrected chi connectivity index (χ0v) is 12.6. The van der Waals surface area contributed by atoms with Gasteiger partial charge in [-0.15, -0.1) is 0 Å². The molecule has 1 aromatic rings. The van der Waals surface area contributed by atoms with E-state index in [1.165, 1.54) is 0 Å². The van der Waals surface area contributed by atoms with Crippen LogP contribution in [0.15, 0.2) is 24.5 Å². The van der Waals surface area contributed by atoms with Crippen LogP contribution in [0.4, 0.5) is 0 Å². The van der Waals surface area contributed by atoms with Gasteiger partial charge in [-0.05, 0) is 36.5 Å². The summed E-state index contributed by atoms with van der Waals surface area (Å²) in [5.74, 6) is 0.564. The molecule has 1 amide bonds. The molecule has 0 unspecified atom stereocenters. The molecule has 1 saturated heterocycles. The van der Waals surface area contributed by atoms with Gasteiger partial charge >= 0.3 is 0 Å². The van der Waals surface area contributed by atoms with Gasteiger partial charge in [-0.3, -0.25) is 9.78 Å². The molecule has 0 bridgehead atoms. The van der Waals surface area contributed by atoms with E-state index in [0.717, 1.165) is 25.0 Å². The standard InChI is InChI=1S/C16H24N2O2/c1-12(2)15-14(5-4-10-20-15)16(19)18(3)11-13-6-8-17-9-7-13/h6-9,12,14-15H,4-5,10-11H2,1-3H3/t14-,15+/m1/s1. The van der Waals surface area contributed by atoms with Crippen LogP contribution < -0.4 is 0 Å². The highest BCUT2D eigenvalue weighted by molar-refractivity contribution is 5.79. The minimum absolute atomic E-state index is 0.00409. The molecule has 110 valence electrons. The number of ether oxygens (including phenoxy) is 1. The van der Waals surface area contributed by atoms with E-state index in [0.29, 0.717) is 12.5 Å². The lowest BCUT2D eigenvalue weighted by atomic mass is 9.86. The number of carbonyl (C=O) groups excluding carboxylic acids is 1. The Morgan fingerprint density at radius 3 is 2.80 bits per heavy atom. The Hall–Kier alpha value is -1.42. The second kappa shape index (κ2) is 6.84. The quantitative estimate of drug-likeness (QED) is 0.848. The summed E-state index contributed by atoms with van der Waals surface area (Å²) >= 11 is 0. The van der Waals surface area contributed by atoms with Gasteiger partial charge in [-0.25, -0.2) is 0 Å². The Morgan fingerprint density at radius 2 is 2.15 bits per heavy atom. The smallest absolute Gasteiger partial charge is 0.228 e. The minimum Gasteiger partial charge on any atom is -0.377 e. The predicted molar refractivity (Wildman–Crippen MR) is 78.0 cm³/mol. The van der Waals surface area contributed by atoms with Gasteiger partial charge in [0.1, 0.15) is 0 Å². The molecule has 2 atom stereocenters. The molecule has 4 nitrogen and oxygen atoms in total. The molecule has 2 rings (SSSR count). The number of amides is 1. The lowest BCUT2D eigenvalue weighted by Crippen LogP contribution is -2.44. The lowest BCUT2D eigenvalue weighted by molar-refractivity contribution is -0.147. The Balaban J connectivity index is 2.01. The van der Waals surface area contributed by atoms with Crippen molar-refractivity contribution in [1.29, 1.82) is 0 Å². The van der Waals surface area contributed by atoms with E-state index in [2.05, 4.69) is 18.8 Å². The Bertz CT molecular complexity index is 433. The lowest BCUT2D eigenvalue weighted by Gasteiger charge is -2.35. The molecule has 1 aliphatic rings. The van der Waals surface area contributed by atoms with Crippen molar-refractivity contribution >= 4 is 5.91 Å². The summed E-state index contributed by atoms with van der Waals surface area (Å²) in [7, 11) is 1.87. The van der Waals surface area contributed by atoms with Gasteiger partial charge in [0, 0.05) is 32.6 Å². The minimum atomic E-state index is -0.00409. The van der Waals surface area contributed by atoms with Crippen molar-refractivity contribution in [2.75, 3.05) is 13.7 Å². The molecule has 1 fully saturated rings. The number of aromatic nitrogens is 1. The van der Waals surface area contributed by atoms with E-state index in [1.807, 2.05) is 24.1 Å². The molecule has 0 aliphatic carbocycles. The highest BCUT2D eigenvalue weighted by Gasteiger charge is 2.35. The van der Waals surface area contributed by atoms with Gasteiger partial charge in [-0.2, -0.15) is 0 Å². The van der Waals surface area contributed by atoms with Crippen molar-refractivity contribution in [2.24, 2.45) is 11.8 Å². The molecule has 0 spiro atoms. The third-order valence-electron chi connectivity index (χ3n) is 3.89. The maximum Gasteiger partial charge on any atom is 0.228 e. The zero-order valence-electron chi connectivity index (χ0n) is 12.6. The fourth-order valence-electron chi connectivity index (χ4n) is 2.85. The van der Waals surface area contributed by atoms with E-state index >= 15 is 0 Å². The maximum absolute atomic E-state index is 12.6. The summed E-state index contributed by atoms with van der Waals surface area (Å²) in [6, 6.07) is 3.89. The number of pyridine rings is 1. The van der Waals surface area contributed by atoms with E-state index in [-0.39, 0.29) is 17.9 Å². The Morgan fingerprint density at radius 1 is 1.45 bits per heavy atom. The molecule has 1 aromatic heterocycles. The van der Waals surface area contributed by atoms with Gasteiger partial charge in [0.15, 0.2) is 0 Å². The highest BCUT2D eigenvalue weighted by atomic mass is 16.5. The number of nitrogens with zero attached hydrogens (tertiary/aromatic N) is 2. The van der Waals surface area contributed by atoms with Gasteiger partial charge in [0.25, 0.3) is 0 Å². The summed E-state index contributed by atoms with van der Waals surface area (Å²) in [6.45, 7) is 5.65. The van der Waals surface area contributed by atoms with Gasteiger partial charge in [-0.1, -0.05) is 13.8 Å². The SMILES string of the molecule is CC(C)[C@@H]1OCCC[C@H]1C(=O)N(C)Cc1ccncc1. The molecule has 20 heavy (non-hydrogen) atoms. The van der Waals surface area contributed by atoms with Crippen LogP contribution in [0.3, 0.4) is 0 Å². The number of carbonyl (C=O) groups is 1. The van der Waals surface area contributed by atoms with E-state index in [9.17, 15) is 4.79 Å². The third kappa shape index (κ3) is 3.57. The predicted octanol–water partition coefficient (Wildman–Crippen LogP) is 2.49. The average molecular weight is 276 g/mol. The fourth-order valence-corrected chi connectivity index (χ4v) is 2.85. The highest BCUT2D eigenvalue weighted by Crippen LogP contribution is 2.28. The van der Waals surface area contributed by atoms with Crippen LogP contribution in [-0.2, 0) is 16.1 Å². The van der Waals surface area contributed by atoms with E-state index < -0.39 is 0 Å². The summed E-state index contributed by atoms with van der Waals surface area (Å²) in [5, 5.41) is 0. The number of rotatable bonds is 4. The monoisotopic (exact) mass is 276 g/mol. The van der Waals surface area contributed by atoms with Gasteiger partial charge < -0.3 is 9.64 Å². The van der Waals surface area contributed by atoms with Crippen molar-refractivity contribution in [3.8, 4) is 0 Å². The second-order valence-electron chi connectivity index (χ2n) is 5.88. The Labute approximate surface area is 121 Å². The van der Waals surface area contributed by atoms with Crippen molar-refractivity contribution in [3.63, 3.8) is 0 Å². The third-order valence-corrected chi connectivity index (χ3v) is 3.89. The second-order valence-corrected chi connectivity index (χ2v) is 5.88. The van der Waals surface area contributed by atoms with Crippen molar-refractivity contribution in [1.82, 2.24) is 9.88 Å². The Kier molecular flexibility index (Phi) is 5.12. The van der Waals surface area contributed by atoms with Gasteiger partial charge in [0.2, 0.25) is 5.91 Å². The van der Waals surface area contributed by atoms with Crippen LogP contribution in [0.1, 0.15) is 32.3 Å². The zero-order chi connectivity index (χ0) is 14.5.